The average molecular weight is 287 g/mol. The first kappa shape index (κ1) is 15.6. The molecule has 1 heterocycles. The second-order valence-electron chi connectivity index (χ2n) is 3.99. The maximum atomic E-state index is 12.3. The Kier molecular flexibility index (Phi) is 6.45. The lowest BCUT2D eigenvalue weighted by molar-refractivity contribution is -0.140. The lowest BCUT2D eigenvalue weighted by atomic mass is 10.3. The van der Waals surface area contributed by atoms with Gasteiger partial charge in [-0.05, 0) is 0 Å². The minimum Gasteiger partial charge on any atom is -0.480 e. The number of carboxylic acid groups (broad SMARTS) is 1. The zero-order chi connectivity index (χ0) is 14.3. The van der Waals surface area contributed by atoms with Gasteiger partial charge in [0.05, 0.1) is 25.0 Å². The van der Waals surface area contributed by atoms with Gasteiger partial charge >= 0.3 is 12.0 Å². The largest absolute Gasteiger partial charge is 0.480 e. The fourth-order valence-corrected chi connectivity index (χ4v) is 2.85. The zero-order valence-electron chi connectivity index (χ0n) is 10.7. The van der Waals surface area contributed by atoms with Crippen molar-refractivity contribution in [2.75, 3.05) is 38.4 Å². The average Bonchev–Trinajstić information content (AvgIpc) is 2.87. The van der Waals surface area contributed by atoms with Gasteiger partial charge in [-0.1, -0.05) is 0 Å². The Labute approximate surface area is 116 Å². The molecule has 1 atom stereocenters. The smallest absolute Gasteiger partial charge is 0.327 e. The first-order chi connectivity index (χ1) is 9.11. The summed E-state index contributed by atoms with van der Waals surface area (Å²) in [5, 5.41) is 17.7. The van der Waals surface area contributed by atoms with E-state index in [1.807, 2.05) is 6.07 Å². The van der Waals surface area contributed by atoms with Crippen molar-refractivity contribution in [2.45, 2.75) is 12.5 Å². The molecule has 0 spiro atoms. The number of ether oxygens (including phenoxy) is 1. The van der Waals surface area contributed by atoms with Crippen LogP contribution in [0.15, 0.2) is 0 Å². The van der Waals surface area contributed by atoms with Crippen LogP contribution in [0.3, 0.4) is 0 Å². The van der Waals surface area contributed by atoms with Crippen LogP contribution in [-0.2, 0) is 9.53 Å². The molecule has 1 aliphatic heterocycles. The third-order valence-electron chi connectivity index (χ3n) is 2.74. The number of thioether (sulfide) groups is 1. The van der Waals surface area contributed by atoms with E-state index in [0.29, 0.717) is 24.8 Å². The molecular formula is C11H17N3O4S. The van der Waals surface area contributed by atoms with Gasteiger partial charge in [-0.3, -0.25) is 0 Å². The highest BCUT2D eigenvalue weighted by atomic mass is 32.2. The predicted molar refractivity (Wildman–Crippen MR) is 69.7 cm³/mol. The third kappa shape index (κ3) is 4.29. The number of hydrogen-bond acceptors (Lipinski definition) is 5. The molecule has 106 valence electrons. The predicted octanol–water partition coefficient (Wildman–Crippen LogP) is 0.428. The lowest BCUT2D eigenvalue weighted by Gasteiger charge is -2.29. The summed E-state index contributed by atoms with van der Waals surface area (Å²) in [6.45, 7) is 0.993. The van der Waals surface area contributed by atoms with Crippen molar-refractivity contribution in [3.05, 3.63) is 0 Å². The summed E-state index contributed by atoms with van der Waals surface area (Å²) >= 11 is 1.41. The van der Waals surface area contributed by atoms with Gasteiger partial charge in [-0.15, -0.1) is 11.8 Å². The fraction of sp³-hybridized carbons (Fsp3) is 0.727. The van der Waals surface area contributed by atoms with Crippen LogP contribution >= 0.6 is 11.8 Å². The number of amides is 2. The molecular weight excluding hydrogens is 270 g/mol. The van der Waals surface area contributed by atoms with Crippen LogP contribution in [0.2, 0.25) is 0 Å². The summed E-state index contributed by atoms with van der Waals surface area (Å²) in [6, 6.07) is 0.849. The van der Waals surface area contributed by atoms with Crippen molar-refractivity contribution in [3.63, 3.8) is 0 Å². The van der Waals surface area contributed by atoms with Crippen LogP contribution < -0.4 is 0 Å². The number of nitrogens with zero attached hydrogens (tertiary/aromatic N) is 3. The van der Waals surface area contributed by atoms with Crippen molar-refractivity contribution in [1.82, 2.24) is 9.80 Å². The minimum absolute atomic E-state index is 0.216. The normalized spacial score (nSPS) is 18.1. The Hall–Kier alpha value is -1.46. The molecule has 0 aromatic rings. The van der Waals surface area contributed by atoms with Crippen molar-refractivity contribution in [1.29, 1.82) is 5.26 Å². The summed E-state index contributed by atoms with van der Waals surface area (Å²) in [5.41, 5.74) is 0. The van der Waals surface area contributed by atoms with Gasteiger partial charge in [0.15, 0.2) is 0 Å². The second kappa shape index (κ2) is 7.86. The number of urea groups is 1. The quantitative estimate of drug-likeness (QED) is 0.761. The van der Waals surface area contributed by atoms with Crippen LogP contribution in [0, 0.1) is 11.3 Å². The highest BCUT2D eigenvalue weighted by Gasteiger charge is 2.36. The van der Waals surface area contributed by atoms with Gasteiger partial charge in [-0.2, -0.15) is 5.26 Å². The molecule has 1 N–H and O–H groups in total. The van der Waals surface area contributed by atoms with E-state index in [4.69, 9.17) is 15.1 Å². The Bertz CT molecular complexity index is 371. The maximum absolute atomic E-state index is 12.3. The van der Waals surface area contributed by atoms with Crippen LogP contribution in [0.5, 0.6) is 0 Å². The van der Waals surface area contributed by atoms with Crippen molar-refractivity contribution < 1.29 is 19.4 Å². The van der Waals surface area contributed by atoms with Gasteiger partial charge in [0.2, 0.25) is 0 Å². The first-order valence-corrected chi connectivity index (χ1v) is 6.99. The molecule has 1 aliphatic rings. The summed E-state index contributed by atoms with van der Waals surface area (Å²) < 4.78 is 4.92. The Morgan fingerprint density at radius 1 is 1.58 bits per heavy atom. The molecule has 0 radical (unpaired) electrons. The molecule has 1 saturated heterocycles. The number of nitriles is 1. The summed E-state index contributed by atoms with van der Waals surface area (Å²) in [7, 11) is 1.53. The molecule has 8 heteroatoms. The molecule has 19 heavy (non-hydrogen) atoms. The second-order valence-corrected chi connectivity index (χ2v) is 4.99. The Morgan fingerprint density at radius 2 is 2.32 bits per heavy atom. The van der Waals surface area contributed by atoms with Crippen LogP contribution in [0.25, 0.3) is 0 Å². The van der Waals surface area contributed by atoms with Crippen LogP contribution in [-0.4, -0.2) is 71.4 Å². The number of rotatable bonds is 6. The number of carboxylic acids is 1. The molecule has 0 unspecified atom stereocenters. The standard InChI is InChI=1S/C11H17N3O4S/c1-18-6-5-13(4-2-3-12)11(17)14-8-19-7-9(14)10(15)16/h9H,2,4-8H2,1H3,(H,15,16)/t9-/m0/s1. The number of aliphatic carboxylic acids is 1. The number of carbonyl (C=O) groups excluding carboxylic acids is 1. The molecule has 0 aliphatic carbocycles. The lowest BCUT2D eigenvalue weighted by Crippen LogP contribution is -2.49. The Morgan fingerprint density at radius 3 is 2.89 bits per heavy atom. The fourth-order valence-electron chi connectivity index (χ4n) is 1.71. The van der Waals surface area contributed by atoms with E-state index in [-0.39, 0.29) is 19.0 Å². The van der Waals surface area contributed by atoms with Gasteiger partial charge in [0.1, 0.15) is 6.04 Å². The number of methoxy groups -OCH3 is 1. The summed E-state index contributed by atoms with van der Waals surface area (Å²) in [4.78, 5) is 26.1. The van der Waals surface area contributed by atoms with E-state index in [1.165, 1.54) is 28.7 Å². The number of hydrogen-bond donors (Lipinski definition) is 1. The van der Waals surface area contributed by atoms with E-state index in [2.05, 4.69) is 0 Å². The van der Waals surface area contributed by atoms with Gasteiger partial charge in [-0.25, -0.2) is 9.59 Å². The number of carbonyl (C=O) groups is 2. The van der Waals surface area contributed by atoms with Crippen LogP contribution in [0.1, 0.15) is 6.42 Å². The molecule has 0 bridgehead atoms. The summed E-state index contributed by atoms with van der Waals surface area (Å²) in [6.07, 6.45) is 0.216. The molecule has 0 aromatic heterocycles. The monoisotopic (exact) mass is 287 g/mol. The molecule has 0 aromatic carbocycles. The maximum Gasteiger partial charge on any atom is 0.327 e. The van der Waals surface area contributed by atoms with E-state index in [0.717, 1.165) is 0 Å². The van der Waals surface area contributed by atoms with Crippen LogP contribution in [0.4, 0.5) is 4.79 Å². The molecule has 7 nitrogen and oxygen atoms in total. The SMILES string of the molecule is COCCN(CCC#N)C(=O)N1CSC[C@H]1C(=O)O. The molecule has 2 amide bonds. The van der Waals surface area contributed by atoms with Gasteiger partial charge in [0.25, 0.3) is 0 Å². The van der Waals surface area contributed by atoms with Gasteiger partial charge in [0, 0.05) is 26.0 Å². The van der Waals surface area contributed by atoms with E-state index in [9.17, 15) is 9.59 Å². The van der Waals surface area contributed by atoms with Crippen molar-refractivity contribution >= 4 is 23.8 Å². The van der Waals surface area contributed by atoms with Gasteiger partial charge < -0.3 is 19.6 Å². The molecule has 1 fully saturated rings. The molecule has 0 saturated carbocycles. The third-order valence-corrected chi connectivity index (χ3v) is 3.75. The Balaban J connectivity index is 2.68. The van der Waals surface area contributed by atoms with E-state index in [1.54, 1.807) is 0 Å². The topological polar surface area (TPSA) is 93.9 Å². The van der Waals surface area contributed by atoms with E-state index < -0.39 is 12.0 Å². The highest BCUT2D eigenvalue weighted by Crippen LogP contribution is 2.22. The van der Waals surface area contributed by atoms with Crippen molar-refractivity contribution in [2.24, 2.45) is 0 Å². The minimum atomic E-state index is -0.995. The highest BCUT2D eigenvalue weighted by molar-refractivity contribution is 7.99. The molecule has 1 rings (SSSR count). The van der Waals surface area contributed by atoms with Crippen molar-refractivity contribution in [3.8, 4) is 6.07 Å². The summed E-state index contributed by atoms with van der Waals surface area (Å²) in [5.74, 6) is -0.228. The first-order valence-electron chi connectivity index (χ1n) is 5.83. The zero-order valence-corrected chi connectivity index (χ0v) is 11.6. The van der Waals surface area contributed by atoms with E-state index >= 15 is 0 Å².